The van der Waals surface area contributed by atoms with Crippen LogP contribution in [0.4, 0.5) is 11.6 Å². The number of aromatic amines is 1. The Kier molecular flexibility index (Phi) is 3.79. The van der Waals surface area contributed by atoms with Gasteiger partial charge in [-0.1, -0.05) is 0 Å². The first-order valence-electron chi connectivity index (χ1n) is 8.33. The van der Waals surface area contributed by atoms with Crippen LogP contribution < -0.4 is 21.5 Å². The molecule has 4 rings (SSSR count). The number of nitrogens with one attached hydrogen (secondary N) is 2. The van der Waals surface area contributed by atoms with Gasteiger partial charge in [0.1, 0.15) is 17.2 Å². The normalized spacial score (nSPS) is 17.3. The van der Waals surface area contributed by atoms with Gasteiger partial charge < -0.3 is 14.6 Å². The molecule has 8 nitrogen and oxygen atoms in total. The highest BCUT2D eigenvalue weighted by atomic mass is 16.3. The van der Waals surface area contributed by atoms with E-state index in [-0.39, 0.29) is 17.3 Å². The summed E-state index contributed by atoms with van der Waals surface area (Å²) in [6, 6.07) is 5.38. The number of rotatable bonds is 4. The maximum Gasteiger partial charge on any atom is 0.329 e. The fourth-order valence-electron chi connectivity index (χ4n) is 3.28. The Labute approximate surface area is 143 Å². The van der Waals surface area contributed by atoms with Crippen LogP contribution in [0.2, 0.25) is 0 Å². The van der Waals surface area contributed by atoms with Crippen molar-refractivity contribution in [3.63, 3.8) is 0 Å². The molecule has 0 bridgehead atoms. The Hall–Kier alpha value is -3.03. The molecule has 4 heterocycles. The number of hydrogen-bond donors (Lipinski definition) is 2. The molecule has 0 aliphatic carbocycles. The van der Waals surface area contributed by atoms with Gasteiger partial charge in [-0.05, 0) is 25.5 Å². The Balaban J connectivity index is 1.53. The van der Waals surface area contributed by atoms with Gasteiger partial charge in [-0.15, -0.1) is 0 Å². The van der Waals surface area contributed by atoms with Gasteiger partial charge in [0.05, 0.1) is 11.6 Å². The van der Waals surface area contributed by atoms with E-state index in [9.17, 15) is 9.59 Å². The van der Waals surface area contributed by atoms with E-state index >= 15 is 0 Å². The molecular formula is C17H19N5O3. The van der Waals surface area contributed by atoms with Crippen LogP contribution in [-0.4, -0.2) is 33.7 Å². The predicted molar refractivity (Wildman–Crippen MR) is 95.2 cm³/mol. The van der Waals surface area contributed by atoms with Crippen LogP contribution in [0.5, 0.6) is 0 Å². The van der Waals surface area contributed by atoms with Crippen molar-refractivity contribution in [3.05, 3.63) is 51.5 Å². The van der Waals surface area contributed by atoms with E-state index < -0.39 is 0 Å². The van der Waals surface area contributed by atoms with Crippen molar-refractivity contribution >= 4 is 22.6 Å². The van der Waals surface area contributed by atoms with E-state index in [4.69, 9.17) is 4.42 Å². The SMILES string of the molecule is CCn1c(=O)cc(N2CC[C@H](Nc3nccc4occc34)C2)[nH]c1=O. The van der Waals surface area contributed by atoms with Gasteiger partial charge in [0.2, 0.25) is 0 Å². The molecule has 1 aliphatic heterocycles. The van der Waals surface area contributed by atoms with Gasteiger partial charge in [0.15, 0.2) is 0 Å². The highest BCUT2D eigenvalue weighted by Crippen LogP contribution is 2.25. The lowest BCUT2D eigenvalue weighted by molar-refractivity contribution is 0.615. The first-order valence-corrected chi connectivity index (χ1v) is 8.33. The van der Waals surface area contributed by atoms with Crippen LogP contribution in [0.1, 0.15) is 13.3 Å². The van der Waals surface area contributed by atoms with Crippen LogP contribution in [0, 0.1) is 0 Å². The Morgan fingerprint density at radius 3 is 3.08 bits per heavy atom. The third kappa shape index (κ3) is 2.79. The largest absolute Gasteiger partial charge is 0.464 e. The Bertz CT molecular complexity index is 988. The van der Waals surface area contributed by atoms with E-state index in [1.165, 1.54) is 10.6 Å². The number of anilines is 2. The molecule has 8 heteroatoms. The third-order valence-electron chi connectivity index (χ3n) is 4.57. The topological polar surface area (TPSA) is 96.2 Å². The monoisotopic (exact) mass is 341 g/mol. The van der Waals surface area contributed by atoms with Gasteiger partial charge >= 0.3 is 5.69 Å². The molecule has 1 saturated heterocycles. The van der Waals surface area contributed by atoms with Crippen LogP contribution in [0.15, 0.2) is 44.7 Å². The van der Waals surface area contributed by atoms with Gasteiger partial charge in [0.25, 0.3) is 5.56 Å². The van der Waals surface area contributed by atoms with Crippen LogP contribution >= 0.6 is 0 Å². The number of hydrogen-bond acceptors (Lipinski definition) is 6. The zero-order valence-corrected chi connectivity index (χ0v) is 13.9. The van der Waals surface area contributed by atoms with Crippen molar-refractivity contribution in [1.82, 2.24) is 14.5 Å². The Morgan fingerprint density at radius 2 is 2.28 bits per heavy atom. The number of H-pyrrole nitrogens is 1. The molecule has 0 aromatic carbocycles. The van der Waals surface area contributed by atoms with Gasteiger partial charge in [0, 0.05) is 37.9 Å². The first-order chi connectivity index (χ1) is 12.2. The summed E-state index contributed by atoms with van der Waals surface area (Å²) in [4.78, 5) is 33.2. The van der Waals surface area contributed by atoms with Crippen molar-refractivity contribution in [2.75, 3.05) is 23.3 Å². The minimum absolute atomic E-state index is 0.171. The fraction of sp³-hybridized carbons (Fsp3) is 0.353. The highest BCUT2D eigenvalue weighted by Gasteiger charge is 2.24. The number of nitrogens with zero attached hydrogens (tertiary/aromatic N) is 3. The van der Waals surface area contributed by atoms with Crippen LogP contribution in [0.3, 0.4) is 0 Å². The second-order valence-corrected chi connectivity index (χ2v) is 6.11. The lowest BCUT2D eigenvalue weighted by Crippen LogP contribution is -2.37. The average molecular weight is 341 g/mol. The van der Waals surface area contributed by atoms with Crippen molar-refractivity contribution < 1.29 is 4.42 Å². The average Bonchev–Trinajstić information content (AvgIpc) is 3.24. The summed E-state index contributed by atoms with van der Waals surface area (Å²) < 4.78 is 6.57. The van der Waals surface area contributed by atoms with Crippen molar-refractivity contribution in [2.45, 2.75) is 25.9 Å². The molecule has 0 saturated carbocycles. The molecular weight excluding hydrogens is 322 g/mol. The minimum Gasteiger partial charge on any atom is -0.464 e. The molecule has 25 heavy (non-hydrogen) atoms. The molecule has 1 atom stereocenters. The molecule has 0 amide bonds. The van der Waals surface area contributed by atoms with Crippen molar-refractivity contribution in [1.29, 1.82) is 0 Å². The van der Waals surface area contributed by atoms with E-state index in [2.05, 4.69) is 15.3 Å². The molecule has 130 valence electrons. The lowest BCUT2D eigenvalue weighted by Gasteiger charge is -2.19. The molecule has 3 aromatic heterocycles. The van der Waals surface area contributed by atoms with Gasteiger partial charge in [-0.25, -0.2) is 9.78 Å². The zero-order valence-electron chi connectivity index (χ0n) is 13.9. The summed E-state index contributed by atoms with van der Waals surface area (Å²) in [6.45, 7) is 3.57. The number of aromatic nitrogens is 3. The third-order valence-corrected chi connectivity index (χ3v) is 4.57. The van der Waals surface area contributed by atoms with E-state index in [1.54, 1.807) is 19.4 Å². The van der Waals surface area contributed by atoms with E-state index in [0.29, 0.717) is 18.9 Å². The maximum atomic E-state index is 12.0. The molecule has 0 spiro atoms. The zero-order chi connectivity index (χ0) is 17.4. The van der Waals surface area contributed by atoms with Crippen molar-refractivity contribution in [2.24, 2.45) is 0 Å². The van der Waals surface area contributed by atoms with Crippen molar-refractivity contribution in [3.8, 4) is 0 Å². The highest BCUT2D eigenvalue weighted by molar-refractivity contribution is 5.88. The Morgan fingerprint density at radius 1 is 1.40 bits per heavy atom. The summed E-state index contributed by atoms with van der Waals surface area (Å²) in [5, 5.41) is 4.38. The maximum absolute atomic E-state index is 12.0. The predicted octanol–water partition coefficient (Wildman–Crippen LogP) is 1.39. The molecule has 3 aromatic rings. The van der Waals surface area contributed by atoms with Gasteiger partial charge in [-0.3, -0.25) is 14.3 Å². The fourth-order valence-corrected chi connectivity index (χ4v) is 3.28. The van der Waals surface area contributed by atoms with Crippen LogP contribution in [-0.2, 0) is 6.54 Å². The lowest BCUT2D eigenvalue weighted by atomic mass is 10.2. The van der Waals surface area contributed by atoms with Gasteiger partial charge in [-0.2, -0.15) is 0 Å². The summed E-state index contributed by atoms with van der Waals surface area (Å²) in [7, 11) is 0. The summed E-state index contributed by atoms with van der Waals surface area (Å²) in [5.41, 5.74) is 0.147. The molecule has 1 fully saturated rings. The van der Waals surface area contributed by atoms with Crippen LogP contribution in [0.25, 0.3) is 11.0 Å². The smallest absolute Gasteiger partial charge is 0.329 e. The number of pyridine rings is 1. The summed E-state index contributed by atoms with van der Waals surface area (Å²) in [6.07, 6.45) is 4.24. The molecule has 1 aliphatic rings. The number of furan rings is 1. The summed E-state index contributed by atoms with van der Waals surface area (Å²) >= 11 is 0. The first kappa shape index (κ1) is 15.5. The second-order valence-electron chi connectivity index (χ2n) is 6.11. The van der Waals surface area contributed by atoms with E-state index in [1.807, 2.05) is 17.0 Å². The second kappa shape index (κ2) is 6.12. The quantitative estimate of drug-likeness (QED) is 0.744. The summed E-state index contributed by atoms with van der Waals surface area (Å²) in [5.74, 6) is 1.35. The standard InChI is InChI=1S/C17H19N5O3/c1-2-22-15(23)9-14(20-17(22)24)21-7-4-11(10-21)19-16-12-5-8-25-13(12)3-6-18-16/h3,5-6,8-9,11H,2,4,7,10H2,1H3,(H,18,19)(H,20,24)/t11-/m0/s1. The van der Waals surface area contributed by atoms with E-state index in [0.717, 1.165) is 29.8 Å². The minimum atomic E-state index is -0.369. The molecule has 0 radical (unpaired) electrons. The number of fused-ring (bicyclic) bond motifs is 1. The molecule has 0 unspecified atom stereocenters. The molecule has 2 N–H and O–H groups in total.